The number of esters is 1. The fourth-order valence-corrected chi connectivity index (χ4v) is 12.0. The third kappa shape index (κ3) is 27.3. The molecule has 1 saturated carbocycles. The van der Waals surface area contributed by atoms with Gasteiger partial charge in [-0.25, -0.2) is 4.79 Å². The summed E-state index contributed by atoms with van der Waals surface area (Å²) in [5.41, 5.74) is 8.16. The molecule has 1 aliphatic carbocycles. The first-order chi connectivity index (χ1) is 43.1. The predicted molar refractivity (Wildman–Crippen MR) is 341 cm³/mol. The second-order valence-electron chi connectivity index (χ2n) is 24.4. The minimum Gasteiger partial charge on any atom is -0.465 e. The van der Waals surface area contributed by atoms with Crippen molar-refractivity contribution in [1.82, 2.24) is 10.2 Å². The number of nitrogens with zero attached hydrogens (tertiary/aromatic N) is 1. The summed E-state index contributed by atoms with van der Waals surface area (Å²) in [5.74, 6) is -8.19. The van der Waals surface area contributed by atoms with Crippen molar-refractivity contribution in [2.24, 2.45) is 35.3 Å². The molecule has 4 rings (SSSR count). The van der Waals surface area contributed by atoms with E-state index in [0.29, 0.717) is 157 Å². The number of carbonyl (C=O) groups excluding carboxylic acids is 4. The van der Waals surface area contributed by atoms with Crippen LogP contribution in [0.3, 0.4) is 0 Å². The summed E-state index contributed by atoms with van der Waals surface area (Å²) in [4.78, 5) is 58.1. The van der Waals surface area contributed by atoms with Gasteiger partial charge < -0.3 is 93.2 Å². The van der Waals surface area contributed by atoms with Crippen molar-refractivity contribution >= 4 is 40.8 Å². The van der Waals surface area contributed by atoms with Gasteiger partial charge >= 0.3 is 5.97 Å². The number of ether oxygens (including phenoxy) is 12. The van der Waals surface area contributed by atoms with Crippen LogP contribution < -0.4 is 11.1 Å². The van der Waals surface area contributed by atoms with Crippen molar-refractivity contribution in [2.75, 3.05) is 120 Å². The highest BCUT2D eigenvalue weighted by molar-refractivity contribution is 7.80. The van der Waals surface area contributed by atoms with Crippen molar-refractivity contribution in [3.8, 4) is 0 Å². The molecule has 0 radical (unpaired) electrons. The number of methoxy groups -OCH3 is 2. The largest absolute Gasteiger partial charge is 0.465 e. The summed E-state index contributed by atoms with van der Waals surface area (Å²) in [7, 11) is 3.16. The molecule has 0 aromatic rings. The topological polar surface area (TPSA) is 301 Å². The summed E-state index contributed by atoms with van der Waals surface area (Å²) in [6, 6.07) is -2.06. The van der Waals surface area contributed by atoms with Crippen molar-refractivity contribution in [3.63, 3.8) is 0 Å². The molecule has 7 N–H and O–H groups in total. The molecule has 0 spiro atoms. The molecule has 16 atom stereocenters. The second kappa shape index (κ2) is 43.3. The molecule has 90 heavy (non-hydrogen) atoms. The van der Waals surface area contributed by atoms with Crippen LogP contribution in [0, 0.1) is 29.6 Å². The van der Waals surface area contributed by atoms with Gasteiger partial charge in [0.1, 0.15) is 30.5 Å². The van der Waals surface area contributed by atoms with E-state index in [2.05, 4.69) is 5.32 Å². The smallest absolute Gasteiger partial charge is 0.329 e. The summed E-state index contributed by atoms with van der Waals surface area (Å²) in [6.07, 6.45) is 8.16. The van der Waals surface area contributed by atoms with E-state index in [-0.39, 0.29) is 60.6 Å². The molecular formula is C66H111N3O20S. The Morgan fingerprint density at radius 3 is 1.93 bits per heavy atom. The third-order valence-corrected chi connectivity index (χ3v) is 17.6. The zero-order valence-corrected chi connectivity index (χ0v) is 56.0. The standard InChI is InChI=1S/C66H111N3O20S/c1-10-80-26-27-82-30-31-84-34-35-86-37-36-85-33-32-83-29-28-81-25-23-68-65(90)88-55-22-20-50(41-58(55)79-9)40-52(67)57-43-54(70)46(4)39-48(6)60(72)61(73)59(71)47(5)38-44(2)16-12-11-13-17-45(3)56(78-8)42-51-21-19-49(7)66(77,89-51)62(74)63(75)69-24-15-14-18-53(69)64(76)87-57/h11-13,16-17,39,44,46-47,49-58,60-61,70,72-73,77H,10,14-15,18-38,40-43,67H2,1-9H3,(H,68,90)/b13-11+,16-12+,45-17+,48-39+/t44-,46-,47?,49-,50+,51+,52-,53?,54-,55-,56+,57?,58-,60-,61+,66-/m1/s1. The summed E-state index contributed by atoms with van der Waals surface area (Å²) in [6.45, 7) is 19.6. The Balaban J connectivity index is 1.37. The number of thiocarbonyl (C=S) groups is 1. The Morgan fingerprint density at radius 2 is 1.33 bits per heavy atom. The van der Waals surface area contributed by atoms with Crippen LogP contribution in [0.25, 0.3) is 0 Å². The van der Waals surface area contributed by atoms with Crippen LogP contribution in [-0.2, 0) is 76.0 Å². The second-order valence-corrected chi connectivity index (χ2v) is 24.8. The number of nitrogens with one attached hydrogen (secondary N) is 1. The van der Waals surface area contributed by atoms with Gasteiger partial charge in [-0.3, -0.25) is 14.4 Å². The summed E-state index contributed by atoms with van der Waals surface area (Å²) in [5, 5.41) is 49.7. The number of aliphatic hydroxyl groups excluding tert-OH is 3. The first-order valence-corrected chi connectivity index (χ1v) is 33.1. The maximum atomic E-state index is 14.6. The average Bonchev–Trinajstić information content (AvgIpc) is 0.874. The van der Waals surface area contributed by atoms with Crippen LogP contribution in [0.5, 0.6) is 0 Å². The quantitative estimate of drug-likeness (QED) is 0.0196. The number of hydrogen-bond acceptors (Lipinski definition) is 22. The molecular weight excluding hydrogens is 1190 g/mol. The van der Waals surface area contributed by atoms with Crippen LogP contribution >= 0.6 is 12.2 Å². The van der Waals surface area contributed by atoms with E-state index in [1.807, 2.05) is 51.2 Å². The SMILES string of the molecule is CCOCCOCCOCCOCCOCCOCCOCCNC(=S)O[C@@H]1CC[C@@H](C[C@@H](N)C2C[C@@H](O)[C@H](C)/C=C(\C)[C@@H](O)[C@@H](O)C(=O)C(C)C[C@H](C)/C=C/C=C/C=C(\C)[C@@H](OC)C[C@@H]3CC[C@@H](C)[C@@](O)(O3)C(=O)C(=O)N3CCCCC3C(=O)O2)C[C@H]1OC. The number of carbonyl (C=O) groups is 4. The van der Waals surface area contributed by atoms with Gasteiger partial charge in [-0.05, 0) is 120 Å². The molecule has 3 unspecified atom stereocenters. The molecule has 0 aromatic heterocycles. The first-order valence-electron chi connectivity index (χ1n) is 32.7. The molecule has 1 amide bonds. The number of piperidine rings is 1. The lowest BCUT2D eigenvalue weighted by molar-refractivity contribution is -0.265. The van der Waals surface area contributed by atoms with E-state index < -0.39 is 95.7 Å². The van der Waals surface area contributed by atoms with Gasteiger partial charge in [-0.15, -0.1) is 0 Å². The van der Waals surface area contributed by atoms with E-state index in [4.69, 9.17) is 74.8 Å². The summed E-state index contributed by atoms with van der Waals surface area (Å²) < 4.78 is 68.9. The van der Waals surface area contributed by atoms with Crippen molar-refractivity contribution < 1.29 is 96.4 Å². The fourth-order valence-electron chi connectivity index (χ4n) is 11.8. The lowest BCUT2D eigenvalue weighted by Crippen LogP contribution is -2.61. The van der Waals surface area contributed by atoms with Crippen molar-refractivity contribution in [1.29, 1.82) is 0 Å². The van der Waals surface area contributed by atoms with Gasteiger partial charge in [-0.1, -0.05) is 64.2 Å². The van der Waals surface area contributed by atoms with E-state index in [1.165, 1.54) is 0 Å². The number of Topliss-reactive ketones (excluding diaryl/α,β-unsaturated/α-hetero) is 2. The number of aliphatic hydroxyl groups is 4. The highest BCUT2D eigenvalue weighted by atomic mass is 32.1. The van der Waals surface area contributed by atoms with Crippen LogP contribution in [0.4, 0.5) is 0 Å². The monoisotopic (exact) mass is 1300 g/mol. The van der Waals surface area contributed by atoms with Gasteiger partial charge in [0.15, 0.2) is 5.78 Å². The molecule has 2 bridgehead atoms. The Kier molecular flexibility index (Phi) is 37.9. The zero-order valence-electron chi connectivity index (χ0n) is 55.2. The highest BCUT2D eigenvalue weighted by Crippen LogP contribution is 2.38. The number of rotatable bonds is 28. The number of amides is 1. The number of nitrogens with two attached hydrogens (primary N) is 1. The molecule has 3 fully saturated rings. The minimum atomic E-state index is -2.47. The van der Waals surface area contributed by atoms with Crippen molar-refractivity contribution in [3.05, 3.63) is 47.6 Å². The molecule has 0 aromatic carbocycles. The van der Waals surface area contributed by atoms with Gasteiger partial charge in [0.05, 0.1) is 110 Å². The Bertz CT molecular complexity index is 2240. The van der Waals surface area contributed by atoms with Gasteiger partial charge in [0.2, 0.25) is 5.79 Å². The molecule has 24 heteroatoms. The maximum Gasteiger partial charge on any atom is 0.329 e. The Labute approximate surface area is 540 Å². The lowest BCUT2D eigenvalue weighted by atomic mass is 9.80. The van der Waals surface area contributed by atoms with Crippen LogP contribution in [-0.4, -0.2) is 240 Å². The number of hydrogen-bond donors (Lipinski definition) is 6. The van der Waals surface area contributed by atoms with Crippen LogP contribution in [0.15, 0.2) is 47.6 Å². The molecule has 23 nitrogen and oxygen atoms in total. The van der Waals surface area contributed by atoms with Gasteiger partial charge in [0.25, 0.3) is 16.9 Å². The van der Waals surface area contributed by atoms with Crippen LogP contribution in [0.1, 0.15) is 126 Å². The van der Waals surface area contributed by atoms with Gasteiger partial charge in [0, 0.05) is 70.6 Å². The van der Waals surface area contributed by atoms with Gasteiger partial charge in [-0.2, -0.15) is 0 Å². The Morgan fingerprint density at radius 1 is 0.722 bits per heavy atom. The molecule has 516 valence electrons. The normalized spacial score (nSPS) is 33.2. The maximum absolute atomic E-state index is 14.6. The first kappa shape index (κ1) is 78.8. The van der Waals surface area contributed by atoms with Crippen LogP contribution in [0.2, 0.25) is 0 Å². The Hall–Kier alpha value is -3.67. The van der Waals surface area contributed by atoms with E-state index in [9.17, 15) is 39.6 Å². The molecule has 2 saturated heterocycles. The number of cyclic esters (lactones) is 1. The number of allylic oxidation sites excluding steroid dienone is 5. The highest BCUT2D eigenvalue weighted by Gasteiger charge is 2.53. The van der Waals surface area contributed by atoms with E-state index in [0.717, 1.165) is 10.5 Å². The summed E-state index contributed by atoms with van der Waals surface area (Å²) >= 11 is 5.55. The number of fused-ring (bicyclic) bond motifs is 3. The average molecular weight is 1300 g/mol. The lowest BCUT2D eigenvalue weighted by Gasteiger charge is -2.43. The molecule has 3 aliphatic heterocycles. The van der Waals surface area contributed by atoms with E-state index in [1.54, 1.807) is 48.0 Å². The zero-order chi connectivity index (χ0) is 66.0. The van der Waals surface area contributed by atoms with Crippen molar-refractivity contribution in [2.45, 2.75) is 192 Å². The fraction of sp³-hybridized carbons (Fsp3) is 0.803. The molecule has 3 heterocycles. The van der Waals surface area contributed by atoms with E-state index >= 15 is 0 Å². The minimum absolute atomic E-state index is 0.0408. The third-order valence-electron chi connectivity index (χ3n) is 17.4. The molecule has 4 aliphatic rings. The number of ketones is 2. The predicted octanol–water partition coefficient (Wildman–Crippen LogP) is 5.04.